The molecule has 7 nitrogen and oxygen atoms in total. The molecule has 0 spiro atoms. The molecule has 130 valence electrons. The minimum Gasteiger partial charge on any atom is -0.449 e. The lowest BCUT2D eigenvalue weighted by Crippen LogP contribution is -2.30. The monoisotopic (exact) mass is 342 g/mol. The highest BCUT2D eigenvalue weighted by atomic mass is 16.6. The Morgan fingerprint density at radius 1 is 1.20 bits per heavy atom. The molecule has 0 radical (unpaired) electrons. The number of nitro benzene ring substituents is 1. The summed E-state index contributed by atoms with van der Waals surface area (Å²) in [5.74, 6) is -1.28. The second kappa shape index (κ2) is 8.05. The number of carbonyl (C=O) groups excluding carboxylic acids is 2. The fourth-order valence-corrected chi connectivity index (χ4v) is 2.10. The highest BCUT2D eigenvalue weighted by Gasteiger charge is 2.20. The molecular formula is C18H18N2O5. The lowest BCUT2D eigenvalue weighted by Gasteiger charge is -2.13. The quantitative estimate of drug-likeness (QED) is 0.493. The zero-order valence-electron chi connectivity index (χ0n) is 13.9. The van der Waals surface area contributed by atoms with E-state index in [0.717, 1.165) is 18.1 Å². The number of benzene rings is 2. The minimum absolute atomic E-state index is 0.0150. The molecule has 0 aromatic heterocycles. The molecule has 1 amide bonds. The van der Waals surface area contributed by atoms with Crippen LogP contribution >= 0.6 is 0 Å². The average molecular weight is 342 g/mol. The number of nitrogens with one attached hydrogen (secondary N) is 1. The van der Waals surface area contributed by atoms with E-state index < -0.39 is 22.9 Å². The number of aryl methyl sites for hydroxylation is 1. The number of nitrogens with zero attached hydrogens (tertiary/aromatic N) is 1. The fraction of sp³-hybridized carbons (Fsp3) is 0.222. The number of rotatable bonds is 6. The molecule has 25 heavy (non-hydrogen) atoms. The Kier molecular flexibility index (Phi) is 5.84. The van der Waals surface area contributed by atoms with Gasteiger partial charge in [-0.15, -0.1) is 0 Å². The molecule has 0 bridgehead atoms. The summed E-state index contributed by atoms with van der Waals surface area (Å²) < 4.78 is 5.08. The normalized spacial score (nSPS) is 11.4. The third-order valence-electron chi connectivity index (χ3n) is 3.58. The molecule has 2 aromatic rings. The summed E-state index contributed by atoms with van der Waals surface area (Å²) in [6.07, 6.45) is -0.150. The predicted octanol–water partition coefficient (Wildman–Crippen LogP) is 3.34. The highest BCUT2D eigenvalue weighted by molar-refractivity contribution is 5.97. The number of amides is 1. The molecule has 2 rings (SSSR count). The first kappa shape index (κ1) is 18.1. The largest absolute Gasteiger partial charge is 0.449 e. The molecule has 0 unspecified atom stereocenters. The molecule has 0 aliphatic carbocycles. The maximum atomic E-state index is 12.1. The number of nitro groups is 1. The van der Waals surface area contributed by atoms with E-state index in [0.29, 0.717) is 5.69 Å². The zero-order chi connectivity index (χ0) is 18.4. The van der Waals surface area contributed by atoms with E-state index in [4.69, 9.17) is 4.74 Å². The zero-order valence-corrected chi connectivity index (χ0v) is 13.9. The van der Waals surface area contributed by atoms with Crippen molar-refractivity contribution >= 4 is 23.3 Å². The van der Waals surface area contributed by atoms with E-state index >= 15 is 0 Å². The van der Waals surface area contributed by atoms with Crippen LogP contribution in [0.5, 0.6) is 0 Å². The first-order valence-electron chi connectivity index (χ1n) is 7.76. The van der Waals surface area contributed by atoms with Gasteiger partial charge >= 0.3 is 5.97 Å². The standard InChI is InChI=1S/C18H18N2O5/c1-3-13-7-9-15(10-8-13)19-17(21)12(2)25-18(22)14-5-4-6-16(11-14)20(23)24/h4-12H,3H2,1-2H3,(H,19,21)/t12-/m0/s1. The fourth-order valence-electron chi connectivity index (χ4n) is 2.10. The van der Waals surface area contributed by atoms with E-state index in [2.05, 4.69) is 5.32 Å². The van der Waals surface area contributed by atoms with E-state index in [-0.39, 0.29) is 11.3 Å². The summed E-state index contributed by atoms with van der Waals surface area (Å²) >= 11 is 0. The van der Waals surface area contributed by atoms with Gasteiger partial charge in [0.25, 0.3) is 11.6 Å². The number of hydrogen-bond acceptors (Lipinski definition) is 5. The third kappa shape index (κ3) is 4.87. The molecule has 0 fully saturated rings. The first-order chi connectivity index (χ1) is 11.9. The van der Waals surface area contributed by atoms with Gasteiger partial charge < -0.3 is 10.1 Å². The molecule has 0 saturated heterocycles. The molecule has 0 saturated carbocycles. The number of anilines is 1. The second-order valence-electron chi connectivity index (χ2n) is 5.39. The second-order valence-corrected chi connectivity index (χ2v) is 5.39. The van der Waals surface area contributed by atoms with Crippen molar-refractivity contribution in [3.8, 4) is 0 Å². The number of ether oxygens (including phenoxy) is 1. The van der Waals surface area contributed by atoms with Crippen LogP contribution in [0, 0.1) is 10.1 Å². The number of non-ortho nitro benzene ring substituents is 1. The van der Waals surface area contributed by atoms with Crippen molar-refractivity contribution in [1.29, 1.82) is 0 Å². The predicted molar refractivity (Wildman–Crippen MR) is 92.4 cm³/mol. The van der Waals surface area contributed by atoms with Crippen molar-refractivity contribution < 1.29 is 19.2 Å². The Morgan fingerprint density at radius 3 is 2.48 bits per heavy atom. The number of esters is 1. The van der Waals surface area contributed by atoms with Gasteiger partial charge in [-0.25, -0.2) is 4.79 Å². The van der Waals surface area contributed by atoms with Crippen molar-refractivity contribution in [2.24, 2.45) is 0 Å². The molecule has 2 aromatic carbocycles. The molecule has 0 aliphatic rings. The SMILES string of the molecule is CCc1ccc(NC(=O)[C@H](C)OC(=O)c2cccc([N+](=O)[O-])c2)cc1. The summed E-state index contributed by atoms with van der Waals surface area (Å²) in [6.45, 7) is 3.47. The maximum Gasteiger partial charge on any atom is 0.339 e. The smallest absolute Gasteiger partial charge is 0.339 e. The lowest BCUT2D eigenvalue weighted by molar-refractivity contribution is -0.384. The van der Waals surface area contributed by atoms with Crippen molar-refractivity contribution in [1.82, 2.24) is 0 Å². The van der Waals surface area contributed by atoms with Gasteiger partial charge in [-0.05, 0) is 37.1 Å². The third-order valence-corrected chi connectivity index (χ3v) is 3.58. The van der Waals surface area contributed by atoms with Gasteiger partial charge in [-0.3, -0.25) is 14.9 Å². The Hall–Kier alpha value is -3.22. The Morgan fingerprint density at radius 2 is 1.88 bits per heavy atom. The average Bonchev–Trinajstić information content (AvgIpc) is 2.62. The van der Waals surface area contributed by atoms with Crippen LogP contribution in [0.1, 0.15) is 29.8 Å². The van der Waals surface area contributed by atoms with Crippen molar-refractivity contribution in [2.75, 3.05) is 5.32 Å². The highest BCUT2D eigenvalue weighted by Crippen LogP contribution is 2.15. The van der Waals surface area contributed by atoms with E-state index in [9.17, 15) is 19.7 Å². The van der Waals surface area contributed by atoms with Crippen LogP contribution in [0.25, 0.3) is 0 Å². The molecule has 0 aliphatic heterocycles. The van der Waals surface area contributed by atoms with E-state index in [1.54, 1.807) is 12.1 Å². The number of hydrogen-bond donors (Lipinski definition) is 1. The summed E-state index contributed by atoms with van der Waals surface area (Å²) in [4.78, 5) is 34.3. The van der Waals surface area contributed by atoms with Crippen LogP contribution in [-0.4, -0.2) is 22.9 Å². The van der Waals surface area contributed by atoms with Gasteiger partial charge in [0.1, 0.15) is 0 Å². The van der Waals surface area contributed by atoms with Crippen molar-refractivity contribution in [3.05, 3.63) is 69.8 Å². The van der Waals surface area contributed by atoms with Crippen molar-refractivity contribution in [3.63, 3.8) is 0 Å². The van der Waals surface area contributed by atoms with Gasteiger partial charge in [0.15, 0.2) is 6.10 Å². The minimum atomic E-state index is -1.04. The van der Waals surface area contributed by atoms with Gasteiger partial charge in [0.2, 0.25) is 0 Å². The Balaban J connectivity index is 1.98. The topological polar surface area (TPSA) is 98.5 Å². The molecule has 1 atom stereocenters. The van der Waals surface area contributed by atoms with Crippen LogP contribution in [-0.2, 0) is 16.0 Å². The van der Waals surface area contributed by atoms with Crippen LogP contribution < -0.4 is 5.32 Å². The van der Waals surface area contributed by atoms with Crippen molar-refractivity contribution in [2.45, 2.75) is 26.4 Å². The summed E-state index contributed by atoms with van der Waals surface area (Å²) in [5, 5.41) is 13.4. The Labute approximate surface area is 144 Å². The van der Waals surface area contributed by atoms with E-state index in [1.165, 1.54) is 25.1 Å². The van der Waals surface area contributed by atoms with Gasteiger partial charge in [-0.1, -0.05) is 25.1 Å². The molecule has 0 heterocycles. The maximum absolute atomic E-state index is 12.1. The van der Waals surface area contributed by atoms with Crippen LogP contribution in [0.2, 0.25) is 0 Å². The summed E-state index contributed by atoms with van der Waals surface area (Å²) in [5.41, 5.74) is 1.53. The van der Waals surface area contributed by atoms with Gasteiger partial charge in [-0.2, -0.15) is 0 Å². The molecule has 7 heteroatoms. The van der Waals surface area contributed by atoms with Crippen LogP contribution in [0.4, 0.5) is 11.4 Å². The molecule has 1 N–H and O–H groups in total. The first-order valence-corrected chi connectivity index (χ1v) is 7.76. The van der Waals surface area contributed by atoms with Crippen LogP contribution in [0.3, 0.4) is 0 Å². The van der Waals surface area contributed by atoms with Gasteiger partial charge in [0, 0.05) is 17.8 Å². The van der Waals surface area contributed by atoms with Gasteiger partial charge in [0.05, 0.1) is 10.5 Å². The van der Waals surface area contributed by atoms with E-state index in [1.807, 2.05) is 19.1 Å². The summed E-state index contributed by atoms with van der Waals surface area (Å²) in [6, 6.07) is 12.5. The Bertz CT molecular complexity index is 786. The lowest BCUT2D eigenvalue weighted by atomic mass is 10.1. The molecular weight excluding hydrogens is 324 g/mol. The number of carbonyl (C=O) groups is 2. The van der Waals surface area contributed by atoms with Crippen LogP contribution in [0.15, 0.2) is 48.5 Å². The summed E-state index contributed by atoms with van der Waals surface area (Å²) in [7, 11) is 0.